The Hall–Kier alpha value is -3.07. The third kappa shape index (κ3) is 4.43. The van der Waals surface area contributed by atoms with E-state index < -0.39 is 17.4 Å². The fraction of sp³-hybridized carbons (Fsp3) is 0.522. The molecule has 0 spiro atoms. The lowest BCUT2D eigenvalue weighted by atomic mass is 10.1. The monoisotopic (exact) mass is 441 g/mol. The molecule has 4 rings (SSSR count). The predicted octanol–water partition coefficient (Wildman–Crippen LogP) is 1.86. The number of benzene rings is 1. The topological polar surface area (TPSA) is 105 Å². The molecule has 0 unspecified atom stereocenters. The second kappa shape index (κ2) is 9.20. The van der Waals surface area contributed by atoms with Crippen LogP contribution in [-0.2, 0) is 13.6 Å². The number of H-pyrrole nitrogens is 1. The van der Waals surface area contributed by atoms with Gasteiger partial charge in [0.05, 0.1) is 6.54 Å². The molecule has 0 aliphatic carbocycles. The lowest BCUT2D eigenvalue weighted by molar-refractivity contribution is 0.0936. The van der Waals surface area contributed by atoms with Crippen molar-refractivity contribution < 1.29 is 9.84 Å². The summed E-state index contributed by atoms with van der Waals surface area (Å²) in [4.78, 5) is 34.0. The number of aromatic amines is 1. The molecule has 1 fully saturated rings. The number of anilines is 1. The number of nitrogens with zero attached hydrogens (tertiary/aromatic N) is 4. The molecule has 3 aromatic rings. The number of ether oxygens (including phenoxy) is 1. The van der Waals surface area contributed by atoms with Crippen molar-refractivity contribution in [2.45, 2.75) is 52.2 Å². The van der Waals surface area contributed by atoms with Gasteiger partial charge in [0, 0.05) is 20.1 Å². The molecule has 32 heavy (non-hydrogen) atoms. The Balaban J connectivity index is 1.65. The van der Waals surface area contributed by atoms with E-state index >= 15 is 0 Å². The van der Waals surface area contributed by atoms with E-state index in [0.29, 0.717) is 17.3 Å². The summed E-state index contributed by atoms with van der Waals surface area (Å²) in [6.45, 7) is 5.90. The number of nitrogens with one attached hydrogen (secondary N) is 1. The van der Waals surface area contributed by atoms with Crippen LogP contribution in [-0.4, -0.2) is 50.0 Å². The summed E-state index contributed by atoms with van der Waals surface area (Å²) in [6.07, 6.45) is 3.52. The van der Waals surface area contributed by atoms with Crippen molar-refractivity contribution in [2.24, 2.45) is 7.05 Å². The van der Waals surface area contributed by atoms with Crippen molar-refractivity contribution in [3.63, 3.8) is 0 Å². The van der Waals surface area contributed by atoms with Crippen LogP contribution in [0.5, 0.6) is 5.75 Å². The zero-order chi connectivity index (χ0) is 22.8. The van der Waals surface area contributed by atoms with Gasteiger partial charge in [-0.05, 0) is 49.9 Å². The number of rotatable bonds is 6. The van der Waals surface area contributed by atoms with E-state index in [1.807, 2.05) is 32.0 Å². The largest absolute Gasteiger partial charge is 0.491 e. The van der Waals surface area contributed by atoms with Gasteiger partial charge in [0.15, 0.2) is 11.2 Å². The lowest BCUT2D eigenvalue weighted by Gasteiger charge is -2.23. The molecule has 1 aromatic carbocycles. The van der Waals surface area contributed by atoms with Crippen molar-refractivity contribution in [3.05, 3.63) is 50.2 Å². The molecule has 9 nitrogen and oxygen atoms in total. The Bertz CT molecular complexity index is 1220. The lowest BCUT2D eigenvalue weighted by Crippen LogP contribution is -2.32. The fourth-order valence-electron chi connectivity index (χ4n) is 4.17. The molecule has 2 aromatic heterocycles. The van der Waals surface area contributed by atoms with Gasteiger partial charge < -0.3 is 19.3 Å². The van der Waals surface area contributed by atoms with Gasteiger partial charge in [-0.2, -0.15) is 4.98 Å². The first-order valence-corrected chi connectivity index (χ1v) is 11.2. The van der Waals surface area contributed by atoms with Crippen LogP contribution in [0.2, 0.25) is 0 Å². The summed E-state index contributed by atoms with van der Waals surface area (Å²) in [5.41, 5.74) is 1.90. The molecule has 0 saturated carbocycles. The standard InChI is InChI=1S/C23H31N5O4/c1-15-8-9-18(12-16(15)2)32-14-17(29)13-28-19-20(26(3)23(31)25-21(19)30)24-22(28)27-10-6-4-5-7-11-27/h8-9,12,17,29H,4-7,10-11,13-14H2,1-3H3,(H,25,30,31)/t17-/m1/s1. The van der Waals surface area contributed by atoms with Crippen LogP contribution in [0.25, 0.3) is 11.2 Å². The quantitative estimate of drug-likeness (QED) is 0.605. The first kappa shape index (κ1) is 22.1. The van der Waals surface area contributed by atoms with Gasteiger partial charge in [0.2, 0.25) is 5.95 Å². The average molecular weight is 442 g/mol. The maximum absolute atomic E-state index is 12.7. The number of aryl methyl sites for hydroxylation is 3. The Morgan fingerprint density at radius 1 is 1.12 bits per heavy atom. The van der Waals surface area contributed by atoms with Crippen LogP contribution in [0.4, 0.5) is 5.95 Å². The molecule has 0 radical (unpaired) electrons. The maximum atomic E-state index is 12.7. The van der Waals surface area contributed by atoms with Gasteiger partial charge in [0.1, 0.15) is 18.5 Å². The Labute approximate surface area is 186 Å². The van der Waals surface area contributed by atoms with E-state index in [2.05, 4.69) is 14.9 Å². The summed E-state index contributed by atoms with van der Waals surface area (Å²) >= 11 is 0. The molecule has 1 aliphatic heterocycles. The highest BCUT2D eigenvalue weighted by atomic mass is 16.5. The van der Waals surface area contributed by atoms with Crippen LogP contribution in [0.3, 0.4) is 0 Å². The van der Waals surface area contributed by atoms with Gasteiger partial charge >= 0.3 is 5.69 Å². The van der Waals surface area contributed by atoms with Crippen molar-refractivity contribution >= 4 is 17.1 Å². The molecular weight excluding hydrogens is 410 g/mol. The number of aliphatic hydroxyl groups excluding tert-OH is 1. The minimum atomic E-state index is -0.864. The van der Waals surface area contributed by atoms with Crippen molar-refractivity contribution in [1.82, 2.24) is 19.1 Å². The Kier molecular flexibility index (Phi) is 6.36. The molecule has 1 atom stereocenters. The molecule has 1 aliphatic rings. The Morgan fingerprint density at radius 3 is 2.53 bits per heavy atom. The van der Waals surface area contributed by atoms with Crippen molar-refractivity contribution in [3.8, 4) is 5.75 Å². The van der Waals surface area contributed by atoms with Gasteiger partial charge in [-0.15, -0.1) is 0 Å². The molecule has 0 amide bonds. The number of hydrogen-bond donors (Lipinski definition) is 2. The van der Waals surface area contributed by atoms with E-state index in [9.17, 15) is 14.7 Å². The number of imidazole rings is 1. The van der Waals surface area contributed by atoms with E-state index in [-0.39, 0.29) is 18.7 Å². The minimum absolute atomic E-state index is 0.0747. The summed E-state index contributed by atoms with van der Waals surface area (Å²) in [6, 6.07) is 5.81. The first-order chi connectivity index (χ1) is 15.3. The van der Waals surface area contributed by atoms with Crippen LogP contribution >= 0.6 is 0 Å². The van der Waals surface area contributed by atoms with Crippen molar-refractivity contribution in [2.75, 3.05) is 24.6 Å². The second-order valence-electron chi connectivity index (χ2n) is 8.63. The van der Waals surface area contributed by atoms with E-state index in [1.165, 1.54) is 10.1 Å². The molecule has 1 saturated heterocycles. The zero-order valence-electron chi connectivity index (χ0n) is 18.9. The highest BCUT2D eigenvalue weighted by molar-refractivity contribution is 5.74. The number of aliphatic hydroxyl groups is 1. The summed E-state index contributed by atoms with van der Waals surface area (Å²) in [7, 11) is 1.59. The third-order valence-corrected chi connectivity index (χ3v) is 6.19. The summed E-state index contributed by atoms with van der Waals surface area (Å²) in [5, 5.41) is 10.8. The molecule has 0 bridgehead atoms. The number of hydrogen-bond acceptors (Lipinski definition) is 6. The van der Waals surface area contributed by atoms with E-state index in [1.54, 1.807) is 11.6 Å². The molecule has 3 heterocycles. The summed E-state index contributed by atoms with van der Waals surface area (Å²) < 4.78 is 8.87. The van der Waals surface area contributed by atoms with Gasteiger partial charge in [-0.1, -0.05) is 18.9 Å². The van der Waals surface area contributed by atoms with E-state index in [0.717, 1.165) is 44.3 Å². The van der Waals surface area contributed by atoms with Gasteiger partial charge in [0.25, 0.3) is 5.56 Å². The minimum Gasteiger partial charge on any atom is -0.491 e. The normalized spacial score (nSPS) is 15.7. The molecular formula is C23H31N5O4. The highest BCUT2D eigenvalue weighted by Crippen LogP contribution is 2.23. The summed E-state index contributed by atoms with van der Waals surface area (Å²) in [5.74, 6) is 1.30. The second-order valence-corrected chi connectivity index (χ2v) is 8.63. The molecule has 2 N–H and O–H groups in total. The van der Waals surface area contributed by atoms with Crippen LogP contribution in [0.1, 0.15) is 36.8 Å². The maximum Gasteiger partial charge on any atom is 0.329 e. The highest BCUT2D eigenvalue weighted by Gasteiger charge is 2.24. The van der Waals surface area contributed by atoms with Gasteiger partial charge in [-0.3, -0.25) is 14.3 Å². The molecule has 172 valence electrons. The van der Waals surface area contributed by atoms with Crippen LogP contribution < -0.4 is 20.9 Å². The number of fused-ring (bicyclic) bond motifs is 1. The van der Waals surface area contributed by atoms with Crippen LogP contribution in [0.15, 0.2) is 27.8 Å². The number of aromatic nitrogens is 4. The zero-order valence-corrected chi connectivity index (χ0v) is 18.9. The molecule has 9 heteroatoms. The predicted molar refractivity (Wildman–Crippen MR) is 124 cm³/mol. The van der Waals surface area contributed by atoms with Crippen molar-refractivity contribution in [1.29, 1.82) is 0 Å². The van der Waals surface area contributed by atoms with Crippen LogP contribution in [0, 0.1) is 13.8 Å². The van der Waals surface area contributed by atoms with E-state index in [4.69, 9.17) is 4.74 Å². The smallest absolute Gasteiger partial charge is 0.329 e. The Morgan fingerprint density at radius 2 is 1.84 bits per heavy atom. The third-order valence-electron chi connectivity index (χ3n) is 6.19. The fourth-order valence-corrected chi connectivity index (χ4v) is 4.17. The SMILES string of the molecule is Cc1ccc(OC[C@H](O)Cn2c(N3CCCCCC3)nc3c2c(=O)[nH]c(=O)n3C)cc1C. The van der Waals surface area contributed by atoms with Gasteiger partial charge in [-0.25, -0.2) is 4.79 Å². The average Bonchev–Trinajstić information content (AvgIpc) is 2.94. The first-order valence-electron chi connectivity index (χ1n) is 11.2.